The van der Waals surface area contributed by atoms with Crippen LogP contribution in [0.2, 0.25) is 0 Å². The molecule has 0 radical (unpaired) electrons. The van der Waals surface area contributed by atoms with Gasteiger partial charge in [0.2, 0.25) is 10.0 Å². The lowest BCUT2D eigenvalue weighted by molar-refractivity contribution is 0.306. The van der Waals surface area contributed by atoms with Crippen LogP contribution in [-0.4, -0.2) is 56.2 Å². The van der Waals surface area contributed by atoms with Crippen LogP contribution < -0.4 is 10.6 Å². The highest BCUT2D eigenvalue weighted by Crippen LogP contribution is 2.40. The number of nitrogens with one attached hydrogen (secondary N) is 2. The van der Waals surface area contributed by atoms with E-state index in [0.717, 1.165) is 31.8 Å². The van der Waals surface area contributed by atoms with E-state index in [4.69, 9.17) is 0 Å². The Morgan fingerprint density at radius 3 is 2.41 bits per heavy atom. The maximum Gasteiger partial charge on any atom is 0.213 e. The zero-order chi connectivity index (χ0) is 18.6. The molecular weight excluding hydrogens is 475 g/mol. The van der Waals surface area contributed by atoms with Crippen LogP contribution in [0.4, 0.5) is 0 Å². The van der Waals surface area contributed by atoms with Crippen molar-refractivity contribution in [1.82, 2.24) is 14.9 Å². The van der Waals surface area contributed by atoms with E-state index in [0.29, 0.717) is 25.0 Å². The Morgan fingerprint density at radius 2 is 1.81 bits per heavy atom. The summed E-state index contributed by atoms with van der Waals surface area (Å²) in [5.74, 6) is 1.59. The first-order chi connectivity index (χ1) is 12.5. The van der Waals surface area contributed by atoms with Gasteiger partial charge in [0.25, 0.3) is 0 Å². The SMILES string of the molecule is CCN=C(NC1CCN(S(=O)(=O)CC)CC1)NC1CC1c1ccccc1.I. The number of sulfonamides is 1. The number of hydrogen-bond donors (Lipinski definition) is 2. The minimum Gasteiger partial charge on any atom is -0.354 e. The lowest BCUT2D eigenvalue weighted by atomic mass is 10.1. The molecule has 2 atom stereocenters. The smallest absolute Gasteiger partial charge is 0.213 e. The van der Waals surface area contributed by atoms with Crippen LogP contribution in [0.5, 0.6) is 0 Å². The van der Waals surface area contributed by atoms with Gasteiger partial charge >= 0.3 is 0 Å². The minimum atomic E-state index is -3.07. The molecule has 3 rings (SSSR count). The van der Waals surface area contributed by atoms with Crippen LogP contribution in [0, 0.1) is 0 Å². The standard InChI is InChI=1S/C19H30N4O2S.HI/c1-3-20-19(22-18-14-17(18)15-8-6-5-7-9-15)21-16-10-12-23(13-11-16)26(24,25)4-2;/h5-9,16-18H,3-4,10-14H2,1-2H3,(H2,20,21,22);1H. The summed E-state index contributed by atoms with van der Waals surface area (Å²) < 4.78 is 25.6. The number of piperidine rings is 1. The van der Waals surface area contributed by atoms with E-state index in [9.17, 15) is 8.42 Å². The van der Waals surface area contributed by atoms with Gasteiger partial charge in [-0.05, 0) is 38.7 Å². The molecule has 8 heteroatoms. The van der Waals surface area contributed by atoms with Crippen molar-refractivity contribution in [2.24, 2.45) is 4.99 Å². The number of halogens is 1. The van der Waals surface area contributed by atoms with Gasteiger partial charge in [-0.1, -0.05) is 30.3 Å². The molecule has 1 heterocycles. The van der Waals surface area contributed by atoms with E-state index >= 15 is 0 Å². The summed E-state index contributed by atoms with van der Waals surface area (Å²) >= 11 is 0. The molecule has 0 bridgehead atoms. The molecule has 2 fully saturated rings. The summed E-state index contributed by atoms with van der Waals surface area (Å²) in [6, 6.07) is 11.3. The largest absolute Gasteiger partial charge is 0.354 e. The van der Waals surface area contributed by atoms with Gasteiger partial charge in [-0.2, -0.15) is 0 Å². The Hall–Kier alpha value is -0.870. The van der Waals surface area contributed by atoms with E-state index in [1.54, 1.807) is 11.2 Å². The van der Waals surface area contributed by atoms with E-state index in [2.05, 4.69) is 39.9 Å². The van der Waals surface area contributed by atoms with Gasteiger partial charge in [0.05, 0.1) is 5.75 Å². The normalized spacial score (nSPS) is 24.1. The minimum absolute atomic E-state index is 0. The average molecular weight is 506 g/mol. The molecule has 27 heavy (non-hydrogen) atoms. The van der Waals surface area contributed by atoms with Crippen LogP contribution in [0.25, 0.3) is 0 Å². The van der Waals surface area contributed by atoms with Crippen molar-refractivity contribution in [2.75, 3.05) is 25.4 Å². The molecule has 0 spiro atoms. The van der Waals surface area contributed by atoms with Crippen molar-refractivity contribution in [3.8, 4) is 0 Å². The predicted molar refractivity (Wildman–Crippen MR) is 121 cm³/mol. The summed E-state index contributed by atoms with van der Waals surface area (Å²) in [7, 11) is -3.07. The maximum atomic E-state index is 12.0. The number of hydrogen-bond acceptors (Lipinski definition) is 3. The fourth-order valence-corrected chi connectivity index (χ4v) is 4.68. The van der Waals surface area contributed by atoms with Gasteiger partial charge in [-0.25, -0.2) is 12.7 Å². The third-order valence-electron chi connectivity index (χ3n) is 5.21. The quantitative estimate of drug-likeness (QED) is 0.354. The van der Waals surface area contributed by atoms with Crippen LogP contribution in [0.3, 0.4) is 0 Å². The molecule has 1 aliphatic carbocycles. The summed E-state index contributed by atoms with van der Waals surface area (Å²) in [5, 5.41) is 7.06. The third kappa shape index (κ3) is 6.05. The molecule has 1 aromatic carbocycles. The van der Waals surface area contributed by atoms with Gasteiger partial charge in [-0.3, -0.25) is 4.99 Å². The van der Waals surface area contributed by atoms with E-state index in [-0.39, 0.29) is 35.8 Å². The highest BCUT2D eigenvalue weighted by molar-refractivity contribution is 14.0. The zero-order valence-corrected chi connectivity index (χ0v) is 19.2. The molecule has 0 amide bonds. The second kappa shape index (κ2) is 10.1. The monoisotopic (exact) mass is 506 g/mol. The Bertz CT molecular complexity index is 718. The molecule has 1 aromatic rings. The number of nitrogens with zero attached hydrogens (tertiary/aromatic N) is 2. The van der Waals surface area contributed by atoms with Gasteiger partial charge < -0.3 is 10.6 Å². The van der Waals surface area contributed by atoms with Crippen molar-refractivity contribution in [1.29, 1.82) is 0 Å². The molecular formula is C19H31IN4O2S. The Labute approximate surface area is 180 Å². The average Bonchev–Trinajstić information content (AvgIpc) is 3.42. The predicted octanol–water partition coefficient (Wildman–Crippen LogP) is 2.53. The Morgan fingerprint density at radius 1 is 1.15 bits per heavy atom. The van der Waals surface area contributed by atoms with Crippen LogP contribution >= 0.6 is 24.0 Å². The lowest BCUT2D eigenvalue weighted by Crippen LogP contribution is -2.50. The van der Waals surface area contributed by atoms with Crippen LogP contribution in [0.1, 0.15) is 44.6 Å². The van der Waals surface area contributed by atoms with Crippen molar-refractivity contribution in [2.45, 2.75) is 51.1 Å². The van der Waals surface area contributed by atoms with E-state index < -0.39 is 10.0 Å². The van der Waals surface area contributed by atoms with Crippen molar-refractivity contribution in [3.63, 3.8) is 0 Å². The van der Waals surface area contributed by atoms with Gasteiger partial charge in [0.1, 0.15) is 0 Å². The van der Waals surface area contributed by atoms with Crippen molar-refractivity contribution >= 4 is 40.0 Å². The summed E-state index contributed by atoms with van der Waals surface area (Å²) in [6.45, 7) is 5.63. The molecule has 2 aliphatic rings. The molecule has 152 valence electrons. The molecule has 1 aliphatic heterocycles. The number of aliphatic imine (C=N–C) groups is 1. The molecule has 1 saturated carbocycles. The molecule has 0 aromatic heterocycles. The first-order valence-corrected chi connectivity index (χ1v) is 11.2. The Kier molecular flexibility index (Phi) is 8.36. The topological polar surface area (TPSA) is 73.8 Å². The molecule has 2 N–H and O–H groups in total. The van der Waals surface area contributed by atoms with Crippen LogP contribution in [-0.2, 0) is 10.0 Å². The number of rotatable bonds is 6. The molecule has 1 saturated heterocycles. The fraction of sp³-hybridized carbons (Fsp3) is 0.632. The zero-order valence-electron chi connectivity index (χ0n) is 16.1. The van der Waals surface area contributed by atoms with E-state index in [1.165, 1.54) is 5.56 Å². The first kappa shape index (κ1) is 22.4. The first-order valence-electron chi connectivity index (χ1n) is 9.63. The lowest BCUT2D eigenvalue weighted by Gasteiger charge is -2.32. The maximum absolute atomic E-state index is 12.0. The number of benzene rings is 1. The van der Waals surface area contributed by atoms with Gasteiger partial charge in [0.15, 0.2) is 5.96 Å². The second-order valence-corrected chi connectivity index (χ2v) is 9.30. The number of guanidine groups is 1. The second-order valence-electron chi connectivity index (χ2n) is 7.04. The van der Waals surface area contributed by atoms with Crippen molar-refractivity contribution < 1.29 is 8.42 Å². The highest BCUT2D eigenvalue weighted by Gasteiger charge is 2.39. The molecule has 2 unspecified atom stereocenters. The fourth-order valence-electron chi connectivity index (χ4n) is 3.54. The highest BCUT2D eigenvalue weighted by atomic mass is 127. The van der Waals surface area contributed by atoms with Gasteiger partial charge in [-0.15, -0.1) is 24.0 Å². The summed E-state index contributed by atoms with van der Waals surface area (Å²) in [4.78, 5) is 4.57. The van der Waals surface area contributed by atoms with E-state index in [1.807, 2.05) is 13.0 Å². The van der Waals surface area contributed by atoms with Crippen molar-refractivity contribution in [3.05, 3.63) is 35.9 Å². The summed E-state index contributed by atoms with van der Waals surface area (Å²) in [5.41, 5.74) is 1.37. The van der Waals surface area contributed by atoms with Gasteiger partial charge in [0, 0.05) is 37.6 Å². The van der Waals surface area contributed by atoms with Crippen LogP contribution in [0.15, 0.2) is 35.3 Å². The Balaban J connectivity index is 0.00000261. The summed E-state index contributed by atoms with van der Waals surface area (Å²) in [6.07, 6.45) is 2.76. The third-order valence-corrected chi connectivity index (χ3v) is 7.09. The molecule has 6 nitrogen and oxygen atoms in total.